The summed E-state index contributed by atoms with van der Waals surface area (Å²) in [4.78, 5) is 2.33. The summed E-state index contributed by atoms with van der Waals surface area (Å²) in [7, 11) is -3.00. The van der Waals surface area contributed by atoms with E-state index in [4.69, 9.17) is 5.73 Å². The molecule has 0 aromatic rings. The molecule has 1 saturated heterocycles. The van der Waals surface area contributed by atoms with E-state index in [1.165, 1.54) is 6.26 Å². The third-order valence-corrected chi connectivity index (χ3v) is 4.87. The van der Waals surface area contributed by atoms with Crippen LogP contribution in [0.3, 0.4) is 0 Å². The number of hydrogen-bond acceptors (Lipinski definition) is 4. The number of rotatable bonds is 6. The molecule has 0 radical (unpaired) electrons. The van der Waals surface area contributed by atoms with E-state index in [2.05, 4.69) is 11.8 Å². The fraction of sp³-hybridized carbons (Fsp3) is 1.00. The number of nitrogens with two attached hydrogens (primary N) is 1. The molecule has 0 bridgehead atoms. The summed E-state index contributed by atoms with van der Waals surface area (Å²) in [6.07, 6.45) is 3.52. The topological polar surface area (TPSA) is 66.6 Å². The number of piperazine rings is 1. The lowest BCUT2D eigenvalue weighted by Gasteiger charge is -2.33. The predicted octanol–water partition coefficient (Wildman–Crippen LogP) is -0.0614. The van der Waals surface area contributed by atoms with Gasteiger partial charge in [-0.15, -0.1) is 0 Å². The van der Waals surface area contributed by atoms with Crippen LogP contribution in [0.15, 0.2) is 0 Å². The van der Waals surface area contributed by atoms with Gasteiger partial charge >= 0.3 is 0 Å². The lowest BCUT2D eigenvalue weighted by Crippen LogP contribution is -2.48. The van der Waals surface area contributed by atoms with Gasteiger partial charge in [-0.1, -0.05) is 13.3 Å². The van der Waals surface area contributed by atoms with Crippen molar-refractivity contribution in [3.8, 4) is 0 Å². The molecule has 102 valence electrons. The van der Waals surface area contributed by atoms with Crippen molar-refractivity contribution in [2.24, 2.45) is 11.7 Å². The van der Waals surface area contributed by atoms with Gasteiger partial charge in [-0.3, -0.25) is 0 Å². The Morgan fingerprint density at radius 1 is 1.24 bits per heavy atom. The zero-order valence-corrected chi connectivity index (χ0v) is 11.7. The standard InChI is InChI=1S/C11H25N3O2S/c1-3-11(10-12)4-5-13-6-8-14(9-7-13)17(2,15)16/h11H,3-10,12H2,1-2H3. The van der Waals surface area contributed by atoms with E-state index in [1.54, 1.807) is 4.31 Å². The molecular weight excluding hydrogens is 238 g/mol. The first-order valence-corrected chi connectivity index (χ1v) is 8.19. The quantitative estimate of drug-likeness (QED) is 0.729. The van der Waals surface area contributed by atoms with Crippen molar-refractivity contribution in [2.75, 3.05) is 45.5 Å². The second-order valence-electron chi connectivity index (χ2n) is 4.80. The highest BCUT2D eigenvalue weighted by Crippen LogP contribution is 2.10. The molecule has 1 unspecified atom stereocenters. The Morgan fingerprint density at radius 3 is 2.24 bits per heavy atom. The van der Waals surface area contributed by atoms with Crippen LogP contribution in [-0.2, 0) is 10.0 Å². The molecule has 0 spiro atoms. The summed E-state index contributed by atoms with van der Waals surface area (Å²) in [5.41, 5.74) is 5.67. The van der Waals surface area contributed by atoms with E-state index in [0.29, 0.717) is 19.0 Å². The van der Waals surface area contributed by atoms with Crippen molar-refractivity contribution in [2.45, 2.75) is 19.8 Å². The molecule has 1 aliphatic heterocycles. The van der Waals surface area contributed by atoms with Crippen molar-refractivity contribution < 1.29 is 8.42 Å². The van der Waals surface area contributed by atoms with Crippen molar-refractivity contribution >= 4 is 10.0 Å². The fourth-order valence-electron chi connectivity index (χ4n) is 2.14. The first-order valence-electron chi connectivity index (χ1n) is 6.35. The molecule has 1 aliphatic rings. The van der Waals surface area contributed by atoms with E-state index in [9.17, 15) is 8.42 Å². The molecular formula is C11H25N3O2S. The minimum Gasteiger partial charge on any atom is -0.330 e. The maximum atomic E-state index is 11.3. The van der Waals surface area contributed by atoms with E-state index in [-0.39, 0.29) is 0 Å². The summed E-state index contributed by atoms with van der Waals surface area (Å²) < 4.78 is 24.2. The Bertz CT molecular complexity index is 307. The second kappa shape index (κ2) is 6.68. The summed E-state index contributed by atoms with van der Waals surface area (Å²) in [6.45, 7) is 6.88. The highest BCUT2D eigenvalue weighted by atomic mass is 32.2. The van der Waals surface area contributed by atoms with Crippen LogP contribution in [0.1, 0.15) is 19.8 Å². The van der Waals surface area contributed by atoms with E-state index < -0.39 is 10.0 Å². The highest BCUT2D eigenvalue weighted by molar-refractivity contribution is 7.88. The van der Waals surface area contributed by atoms with Gasteiger partial charge < -0.3 is 10.6 Å². The van der Waals surface area contributed by atoms with Gasteiger partial charge in [0.2, 0.25) is 10.0 Å². The van der Waals surface area contributed by atoms with Crippen LogP contribution < -0.4 is 5.73 Å². The first-order chi connectivity index (χ1) is 7.97. The van der Waals surface area contributed by atoms with Gasteiger partial charge in [0.15, 0.2) is 0 Å². The van der Waals surface area contributed by atoms with Crippen LogP contribution in [0.4, 0.5) is 0 Å². The molecule has 2 N–H and O–H groups in total. The van der Waals surface area contributed by atoms with Crippen molar-refractivity contribution in [1.82, 2.24) is 9.21 Å². The van der Waals surface area contributed by atoms with Gasteiger partial charge in [0.05, 0.1) is 6.26 Å². The van der Waals surface area contributed by atoms with Gasteiger partial charge in [0, 0.05) is 26.2 Å². The Balaban J connectivity index is 2.28. The van der Waals surface area contributed by atoms with Gasteiger partial charge in [-0.2, -0.15) is 4.31 Å². The van der Waals surface area contributed by atoms with Crippen LogP contribution in [0.2, 0.25) is 0 Å². The van der Waals surface area contributed by atoms with Crippen LogP contribution in [0, 0.1) is 5.92 Å². The highest BCUT2D eigenvalue weighted by Gasteiger charge is 2.23. The predicted molar refractivity (Wildman–Crippen MR) is 70.3 cm³/mol. The average Bonchev–Trinajstić information content (AvgIpc) is 2.30. The molecule has 0 amide bonds. The fourth-order valence-corrected chi connectivity index (χ4v) is 2.97. The van der Waals surface area contributed by atoms with Crippen LogP contribution in [0.5, 0.6) is 0 Å². The summed E-state index contributed by atoms with van der Waals surface area (Å²) >= 11 is 0. The van der Waals surface area contributed by atoms with Crippen LogP contribution in [-0.4, -0.2) is 63.1 Å². The molecule has 5 nitrogen and oxygen atoms in total. The van der Waals surface area contributed by atoms with Crippen LogP contribution in [0.25, 0.3) is 0 Å². The molecule has 0 saturated carbocycles. The third-order valence-electron chi connectivity index (χ3n) is 3.56. The lowest BCUT2D eigenvalue weighted by molar-refractivity contribution is 0.178. The largest absolute Gasteiger partial charge is 0.330 e. The monoisotopic (exact) mass is 263 g/mol. The Kier molecular flexibility index (Phi) is 5.85. The van der Waals surface area contributed by atoms with Crippen molar-refractivity contribution in [3.63, 3.8) is 0 Å². The molecule has 1 rings (SSSR count). The summed E-state index contributed by atoms with van der Waals surface area (Å²) in [6, 6.07) is 0. The van der Waals surface area contributed by atoms with Crippen molar-refractivity contribution in [1.29, 1.82) is 0 Å². The normalized spacial score (nSPS) is 21.6. The van der Waals surface area contributed by atoms with E-state index in [0.717, 1.165) is 39.0 Å². The van der Waals surface area contributed by atoms with Gasteiger partial charge in [-0.25, -0.2) is 8.42 Å². The zero-order chi connectivity index (χ0) is 12.9. The summed E-state index contributed by atoms with van der Waals surface area (Å²) in [5, 5.41) is 0. The lowest BCUT2D eigenvalue weighted by atomic mass is 10.0. The van der Waals surface area contributed by atoms with Gasteiger partial charge in [-0.05, 0) is 25.4 Å². The Labute approximate surface area is 105 Å². The number of hydrogen-bond donors (Lipinski definition) is 1. The second-order valence-corrected chi connectivity index (χ2v) is 6.78. The Hall–Kier alpha value is -0.170. The maximum absolute atomic E-state index is 11.3. The molecule has 0 aromatic heterocycles. The first kappa shape index (κ1) is 14.9. The van der Waals surface area contributed by atoms with Gasteiger partial charge in [0.1, 0.15) is 0 Å². The Morgan fingerprint density at radius 2 is 1.82 bits per heavy atom. The number of nitrogens with zero attached hydrogens (tertiary/aromatic N) is 2. The molecule has 1 heterocycles. The molecule has 0 aromatic carbocycles. The third kappa shape index (κ3) is 4.91. The minimum atomic E-state index is -3.00. The molecule has 1 atom stereocenters. The molecule has 6 heteroatoms. The van der Waals surface area contributed by atoms with E-state index >= 15 is 0 Å². The number of sulfonamides is 1. The van der Waals surface area contributed by atoms with Crippen molar-refractivity contribution in [3.05, 3.63) is 0 Å². The smallest absolute Gasteiger partial charge is 0.211 e. The average molecular weight is 263 g/mol. The molecule has 17 heavy (non-hydrogen) atoms. The minimum absolute atomic E-state index is 0.600. The van der Waals surface area contributed by atoms with E-state index in [1.807, 2.05) is 0 Å². The summed E-state index contributed by atoms with van der Waals surface area (Å²) in [5.74, 6) is 0.600. The van der Waals surface area contributed by atoms with Gasteiger partial charge in [0.25, 0.3) is 0 Å². The SMILES string of the molecule is CCC(CN)CCN1CCN(S(C)(=O)=O)CC1. The zero-order valence-electron chi connectivity index (χ0n) is 10.9. The molecule has 1 fully saturated rings. The maximum Gasteiger partial charge on any atom is 0.211 e. The van der Waals surface area contributed by atoms with Crippen LogP contribution >= 0.6 is 0 Å². The molecule has 0 aliphatic carbocycles.